The topological polar surface area (TPSA) is 26.3 Å². The van der Waals surface area contributed by atoms with Crippen molar-refractivity contribution in [3.8, 4) is 44.5 Å². The quantitative estimate of drug-likeness (QED) is 0.167. The Labute approximate surface area is 345 Å². The molecule has 0 N–H and O–H groups in total. The summed E-state index contributed by atoms with van der Waals surface area (Å²) in [6.45, 7) is 0. The first kappa shape index (κ1) is 33.1. The molecule has 0 saturated carbocycles. The largest absolute Gasteiger partial charge is 0.456 e. The molecule has 0 bridgehead atoms. The molecule has 0 radical (unpaired) electrons. The highest BCUT2D eigenvalue weighted by Gasteiger charge is 2.23. The molecule has 2 heteroatoms. The molecule has 0 aliphatic carbocycles. The maximum atomic E-state index is 7.11. The van der Waals surface area contributed by atoms with Crippen LogP contribution in [-0.2, 0) is 0 Å². The SMILES string of the molecule is c1ccc(-c2c3ccccc3c(-c3ccc4c(c3)oc3c(-c5c6ccccc6c(-c6cccc7oc8ccccc8c67)c6ccccc56)cccc34)c3ccccc23)cc1. The van der Waals surface area contributed by atoms with Gasteiger partial charge in [-0.3, -0.25) is 0 Å². The highest BCUT2D eigenvalue weighted by atomic mass is 16.3. The van der Waals surface area contributed by atoms with Crippen molar-refractivity contribution in [2.75, 3.05) is 0 Å². The second-order valence-electron chi connectivity index (χ2n) is 15.8. The Morgan fingerprint density at radius 2 is 0.683 bits per heavy atom. The summed E-state index contributed by atoms with van der Waals surface area (Å²) in [5.41, 5.74) is 13.0. The van der Waals surface area contributed by atoms with Crippen molar-refractivity contribution in [3.63, 3.8) is 0 Å². The smallest absolute Gasteiger partial charge is 0.143 e. The van der Waals surface area contributed by atoms with Crippen LogP contribution in [0.3, 0.4) is 0 Å². The highest BCUT2D eigenvalue weighted by molar-refractivity contribution is 6.28. The fraction of sp³-hybridized carbons (Fsp3) is 0. The first-order chi connectivity index (χ1) is 29.8. The lowest BCUT2D eigenvalue weighted by atomic mass is 9.84. The van der Waals surface area contributed by atoms with Crippen LogP contribution in [0.5, 0.6) is 0 Å². The minimum absolute atomic E-state index is 0.874. The summed E-state index contributed by atoms with van der Waals surface area (Å²) in [4.78, 5) is 0. The van der Waals surface area contributed by atoms with Crippen LogP contribution >= 0.6 is 0 Å². The summed E-state index contributed by atoms with van der Waals surface area (Å²) in [7, 11) is 0. The maximum absolute atomic E-state index is 7.11. The Morgan fingerprint density at radius 3 is 1.30 bits per heavy atom. The standard InChI is InChI=1S/C58H34O2/c1-2-16-35(17-3-1)53-38-18-4-6-20-40(38)54(41-21-7-5-19-39(41)53)36-32-33-37-46-27-14-29-49(58(46)60-52(37)34-36)56-44-24-10-8-22-42(44)55(43-23-9-11-25-45(43)56)48-28-15-31-51-57(48)47-26-12-13-30-50(47)59-51/h1-34H. The van der Waals surface area contributed by atoms with Gasteiger partial charge in [0.05, 0.1) is 0 Å². The second-order valence-corrected chi connectivity index (χ2v) is 15.8. The summed E-state index contributed by atoms with van der Waals surface area (Å²) in [5, 5.41) is 14.2. The third-order valence-electron chi connectivity index (χ3n) is 12.7. The first-order valence-corrected chi connectivity index (χ1v) is 20.6. The molecule has 0 fully saturated rings. The number of hydrogen-bond acceptors (Lipinski definition) is 2. The van der Waals surface area contributed by atoms with Crippen LogP contribution in [0, 0.1) is 0 Å². The van der Waals surface area contributed by atoms with Gasteiger partial charge in [-0.15, -0.1) is 0 Å². The van der Waals surface area contributed by atoms with Crippen LogP contribution in [-0.4, -0.2) is 0 Å². The summed E-state index contributed by atoms with van der Waals surface area (Å²) in [6, 6.07) is 74.3. The zero-order chi connectivity index (χ0) is 39.3. The lowest BCUT2D eigenvalue weighted by Gasteiger charge is -2.18. The molecule has 2 nitrogen and oxygen atoms in total. The molecule has 0 aliphatic rings. The zero-order valence-corrected chi connectivity index (χ0v) is 32.4. The van der Waals surface area contributed by atoms with Gasteiger partial charge in [-0.2, -0.15) is 0 Å². The predicted octanol–water partition coefficient (Wildman–Crippen LogP) is 16.8. The van der Waals surface area contributed by atoms with Crippen LogP contribution in [0.1, 0.15) is 0 Å². The lowest BCUT2D eigenvalue weighted by molar-refractivity contribution is 0.669. The molecule has 2 heterocycles. The number of para-hydroxylation sites is 2. The van der Waals surface area contributed by atoms with Crippen LogP contribution in [0.25, 0.3) is 131 Å². The molecule has 2 aromatic heterocycles. The minimum atomic E-state index is 0.874. The van der Waals surface area contributed by atoms with E-state index < -0.39 is 0 Å². The monoisotopic (exact) mass is 762 g/mol. The van der Waals surface area contributed by atoms with E-state index in [0.29, 0.717) is 0 Å². The van der Waals surface area contributed by atoms with Crippen LogP contribution < -0.4 is 0 Å². The fourth-order valence-corrected chi connectivity index (χ4v) is 10.2. The number of fused-ring (bicyclic) bond motifs is 10. The molecule has 0 spiro atoms. The average Bonchev–Trinajstić information content (AvgIpc) is 3.89. The third kappa shape index (κ3) is 4.70. The van der Waals surface area contributed by atoms with E-state index in [1.807, 2.05) is 6.07 Å². The molecule has 0 amide bonds. The van der Waals surface area contributed by atoms with E-state index in [1.165, 1.54) is 76.5 Å². The van der Waals surface area contributed by atoms with E-state index in [0.717, 1.165) is 55.0 Å². The van der Waals surface area contributed by atoms with Gasteiger partial charge in [0, 0.05) is 32.7 Å². The molecule has 60 heavy (non-hydrogen) atoms. The van der Waals surface area contributed by atoms with E-state index in [9.17, 15) is 0 Å². The van der Waals surface area contributed by atoms with Gasteiger partial charge in [0.25, 0.3) is 0 Å². The number of rotatable bonds is 4. The summed E-state index contributed by atoms with van der Waals surface area (Å²) in [5.74, 6) is 0. The molecule has 0 aliphatic heterocycles. The van der Waals surface area contributed by atoms with Crippen LogP contribution in [0.4, 0.5) is 0 Å². The van der Waals surface area contributed by atoms with Crippen molar-refractivity contribution in [2.24, 2.45) is 0 Å². The third-order valence-corrected chi connectivity index (χ3v) is 12.7. The molecular weight excluding hydrogens is 729 g/mol. The van der Waals surface area contributed by atoms with Crippen LogP contribution in [0.15, 0.2) is 215 Å². The van der Waals surface area contributed by atoms with E-state index in [4.69, 9.17) is 8.83 Å². The Balaban J connectivity index is 1.06. The second kappa shape index (κ2) is 12.8. The van der Waals surface area contributed by atoms with Gasteiger partial charge < -0.3 is 8.83 Å². The molecule has 11 aromatic carbocycles. The van der Waals surface area contributed by atoms with Gasteiger partial charge in [0.1, 0.15) is 22.3 Å². The molecular formula is C58H34O2. The molecule has 278 valence electrons. The van der Waals surface area contributed by atoms with Gasteiger partial charge in [0.2, 0.25) is 0 Å². The van der Waals surface area contributed by atoms with Gasteiger partial charge in [0.15, 0.2) is 0 Å². The fourth-order valence-electron chi connectivity index (χ4n) is 10.2. The summed E-state index contributed by atoms with van der Waals surface area (Å²) >= 11 is 0. The summed E-state index contributed by atoms with van der Waals surface area (Å²) < 4.78 is 13.5. The Morgan fingerprint density at radius 1 is 0.233 bits per heavy atom. The van der Waals surface area contributed by atoms with E-state index in [1.54, 1.807) is 0 Å². The molecule has 13 aromatic rings. The van der Waals surface area contributed by atoms with Crippen molar-refractivity contribution >= 4 is 87.0 Å². The van der Waals surface area contributed by atoms with E-state index >= 15 is 0 Å². The Kier molecular flexibility index (Phi) is 7.05. The van der Waals surface area contributed by atoms with Crippen LogP contribution in [0.2, 0.25) is 0 Å². The zero-order valence-electron chi connectivity index (χ0n) is 32.4. The molecule has 13 rings (SSSR count). The van der Waals surface area contributed by atoms with Crippen molar-refractivity contribution < 1.29 is 8.83 Å². The molecule has 0 unspecified atom stereocenters. The summed E-state index contributed by atoms with van der Waals surface area (Å²) in [6.07, 6.45) is 0. The van der Waals surface area contributed by atoms with Crippen molar-refractivity contribution in [1.82, 2.24) is 0 Å². The van der Waals surface area contributed by atoms with Gasteiger partial charge in [-0.1, -0.05) is 182 Å². The number of furan rings is 2. The lowest BCUT2D eigenvalue weighted by Crippen LogP contribution is -1.91. The number of hydrogen-bond donors (Lipinski definition) is 0. The minimum Gasteiger partial charge on any atom is -0.456 e. The van der Waals surface area contributed by atoms with Gasteiger partial charge in [-0.25, -0.2) is 0 Å². The van der Waals surface area contributed by atoms with Crippen molar-refractivity contribution in [2.45, 2.75) is 0 Å². The maximum Gasteiger partial charge on any atom is 0.143 e. The van der Waals surface area contributed by atoms with Gasteiger partial charge >= 0.3 is 0 Å². The van der Waals surface area contributed by atoms with Crippen molar-refractivity contribution in [1.29, 1.82) is 0 Å². The Hall–Kier alpha value is -7.94. The van der Waals surface area contributed by atoms with E-state index in [-0.39, 0.29) is 0 Å². The predicted molar refractivity (Wildman–Crippen MR) is 253 cm³/mol. The normalized spacial score (nSPS) is 12.0. The molecule has 0 atom stereocenters. The highest BCUT2D eigenvalue weighted by Crippen LogP contribution is 2.50. The van der Waals surface area contributed by atoms with Gasteiger partial charge in [-0.05, 0) is 101 Å². The van der Waals surface area contributed by atoms with E-state index in [2.05, 4.69) is 200 Å². The van der Waals surface area contributed by atoms with Crippen molar-refractivity contribution in [3.05, 3.63) is 206 Å². The first-order valence-electron chi connectivity index (χ1n) is 20.6. The Bertz CT molecular complexity index is 3770. The average molecular weight is 763 g/mol. The molecule has 0 saturated heterocycles. The number of benzene rings is 11.